The molecule has 3 aliphatic carbocycles. The lowest BCUT2D eigenvalue weighted by Crippen LogP contribution is -2.72. The minimum atomic E-state index is -4.65. The zero-order valence-corrected chi connectivity index (χ0v) is 11.9. The van der Waals surface area contributed by atoms with Gasteiger partial charge in [-0.2, -0.15) is 0 Å². The summed E-state index contributed by atoms with van der Waals surface area (Å²) in [5, 5.41) is 0. The number of rotatable bonds is 4. The van der Waals surface area contributed by atoms with Gasteiger partial charge >= 0.3 is 6.36 Å². The molecule has 1 heterocycles. The number of ether oxygens (including phenoxy) is 1. The van der Waals surface area contributed by atoms with Crippen molar-refractivity contribution < 1.29 is 22.7 Å². The van der Waals surface area contributed by atoms with Gasteiger partial charge in [-0.1, -0.05) is 12.1 Å². The van der Waals surface area contributed by atoms with E-state index in [4.69, 9.17) is 0 Å². The molecule has 3 nitrogen and oxygen atoms in total. The molecule has 4 fully saturated rings. The van der Waals surface area contributed by atoms with Crippen LogP contribution < -0.4 is 4.74 Å². The smallest absolute Gasteiger partial charge is 0.406 e. The Balaban J connectivity index is 1.43. The molecule has 118 valence electrons. The molecule has 3 saturated carbocycles. The van der Waals surface area contributed by atoms with Crippen LogP contribution in [-0.2, 0) is 10.2 Å². The lowest BCUT2D eigenvalue weighted by molar-refractivity contribution is -0.274. The van der Waals surface area contributed by atoms with Gasteiger partial charge in [-0.05, 0) is 53.7 Å². The molecule has 22 heavy (non-hydrogen) atoms. The third-order valence-corrected chi connectivity index (χ3v) is 5.68. The van der Waals surface area contributed by atoms with Crippen LogP contribution in [0, 0.1) is 11.3 Å². The van der Waals surface area contributed by atoms with E-state index in [0.29, 0.717) is 11.3 Å². The van der Waals surface area contributed by atoms with Gasteiger partial charge in [-0.25, -0.2) is 0 Å². The molecule has 1 amide bonds. The Morgan fingerprint density at radius 2 is 1.91 bits per heavy atom. The minimum absolute atomic E-state index is 0.0343. The Kier molecular flexibility index (Phi) is 2.64. The first-order chi connectivity index (χ1) is 10.3. The van der Waals surface area contributed by atoms with Crippen LogP contribution in [0.2, 0.25) is 0 Å². The van der Waals surface area contributed by atoms with Crippen molar-refractivity contribution in [1.82, 2.24) is 4.90 Å². The van der Waals surface area contributed by atoms with Crippen LogP contribution in [0.3, 0.4) is 0 Å². The molecule has 0 aromatic heterocycles. The van der Waals surface area contributed by atoms with E-state index in [9.17, 15) is 18.0 Å². The Labute approximate surface area is 126 Å². The van der Waals surface area contributed by atoms with E-state index >= 15 is 0 Å². The van der Waals surface area contributed by atoms with Crippen molar-refractivity contribution in [2.75, 3.05) is 13.1 Å². The largest absolute Gasteiger partial charge is 0.573 e. The monoisotopic (exact) mass is 311 g/mol. The van der Waals surface area contributed by atoms with Crippen LogP contribution in [0.15, 0.2) is 24.3 Å². The van der Waals surface area contributed by atoms with Crippen molar-refractivity contribution in [1.29, 1.82) is 0 Å². The van der Waals surface area contributed by atoms with E-state index in [2.05, 4.69) is 4.74 Å². The fraction of sp³-hybridized carbons (Fsp3) is 0.562. The van der Waals surface area contributed by atoms with Crippen LogP contribution in [0.1, 0.15) is 24.8 Å². The van der Waals surface area contributed by atoms with Crippen molar-refractivity contribution in [3.8, 4) is 5.75 Å². The fourth-order valence-electron chi connectivity index (χ4n) is 4.61. The van der Waals surface area contributed by atoms with E-state index in [1.807, 2.05) is 6.07 Å². The normalized spacial score (nSPS) is 33.5. The molecule has 0 unspecified atom stereocenters. The molecule has 0 radical (unpaired) electrons. The number of amides is 1. The summed E-state index contributed by atoms with van der Waals surface area (Å²) in [4.78, 5) is 12.4. The van der Waals surface area contributed by atoms with Crippen molar-refractivity contribution in [3.63, 3.8) is 0 Å². The Hall–Kier alpha value is -1.72. The average Bonchev–Trinajstić information content (AvgIpc) is 2.26. The van der Waals surface area contributed by atoms with Crippen LogP contribution >= 0.6 is 0 Å². The highest BCUT2D eigenvalue weighted by molar-refractivity contribution is 5.50. The van der Waals surface area contributed by atoms with E-state index in [1.54, 1.807) is 11.0 Å². The number of halogens is 3. The predicted octanol–water partition coefficient (Wildman–Crippen LogP) is 3.10. The average molecular weight is 311 g/mol. The van der Waals surface area contributed by atoms with Crippen LogP contribution in [-0.4, -0.2) is 30.8 Å². The standard InChI is InChI=1S/C16H16F3NO2/c17-16(18,19)22-13-3-1-2-11(4-13)14-7-15(8-14,9-14)12-5-20(6-12)10-21/h1-4,10,12H,5-9H2. The zero-order chi connectivity index (χ0) is 15.6. The topological polar surface area (TPSA) is 29.5 Å². The van der Waals surface area contributed by atoms with E-state index in [-0.39, 0.29) is 11.2 Å². The van der Waals surface area contributed by atoms with E-state index in [1.165, 1.54) is 12.1 Å². The summed E-state index contributed by atoms with van der Waals surface area (Å²) in [5.74, 6) is 0.425. The van der Waals surface area contributed by atoms with Crippen molar-refractivity contribution in [3.05, 3.63) is 29.8 Å². The number of likely N-dealkylation sites (tertiary alicyclic amines) is 1. The van der Waals surface area contributed by atoms with E-state index in [0.717, 1.165) is 44.3 Å². The summed E-state index contributed by atoms with van der Waals surface area (Å²) in [6.45, 7) is 1.66. The second-order valence-corrected chi connectivity index (χ2v) is 7.00. The molecule has 1 saturated heterocycles. The quantitative estimate of drug-likeness (QED) is 0.800. The Morgan fingerprint density at radius 1 is 1.23 bits per heavy atom. The fourth-order valence-corrected chi connectivity index (χ4v) is 4.61. The number of carbonyl (C=O) groups excluding carboxylic acids is 1. The second-order valence-electron chi connectivity index (χ2n) is 7.00. The minimum Gasteiger partial charge on any atom is -0.406 e. The molecule has 0 N–H and O–H groups in total. The molecule has 6 heteroatoms. The number of alkyl halides is 3. The summed E-state index contributed by atoms with van der Waals surface area (Å²) >= 11 is 0. The molecule has 2 bridgehead atoms. The van der Waals surface area contributed by atoms with Gasteiger partial charge in [-0.15, -0.1) is 13.2 Å². The molecule has 0 atom stereocenters. The summed E-state index contributed by atoms with van der Waals surface area (Å²) in [5.41, 5.74) is 1.30. The summed E-state index contributed by atoms with van der Waals surface area (Å²) in [6, 6.07) is 6.38. The Morgan fingerprint density at radius 3 is 2.50 bits per heavy atom. The molecule has 0 spiro atoms. The van der Waals surface area contributed by atoms with Crippen LogP contribution in [0.25, 0.3) is 0 Å². The number of nitrogens with zero attached hydrogens (tertiary/aromatic N) is 1. The highest BCUT2D eigenvalue weighted by Crippen LogP contribution is 2.77. The third kappa shape index (κ3) is 1.92. The van der Waals surface area contributed by atoms with Gasteiger partial charge in [-0.3, -0.25) is 4.79 Å². The SMILES string of the molecule is O=CN1CC(C23CC(c4cccc(OC(F)(F)F)c4)(C2)C3)C1. The van der Waals surface area contributed by atoms with Crippen LogP contribution in [0.4, 0.5) is 13.2 Å². The van der Waals surface area contributed by atoms with Crippen molar-refractivity contribution in [2.45, 2.75) is 31.0 Å². The van der Waals surface area contributed by atoms with Crippen LogP contribution in [0.5, 0.6) is 5.75 Å². The number of hydrogen-bond donors (Lipinski definition) is 0. The number of carbonyl (C=O) groups is 1. The van der Waals surface area contributed by atoms with Gasteiger partial charge in [0.05, 0.1) is 0 Å². The lowest BCUT2D eigenvalue weighted by Gasteiger charge is -2.75. The second kappa shape index (κ2) is 4.18. The first-order valence-electron chi connectivity index (χ1n) is 7.40. The lowest BCUT2D eigenvalue weighted by atomic mass is 9.30. The summed E-state index contributed by atoms with van der Waals surface area (Å²) in [7, 11) is 0. The summed E-state index contributed by atoms with van der Waals surface area (Å²) in [6.07, 6.45) is -0.703. The van der Waals surface area contributed by atoms with Gasteiger partial charge in [0.25, 0.3) is 0 Å². The van der Waals surface area contributed by atoms with E-state index < -0.39 is 6.36 Å². The van der Waals surface area contributed by atoms with Gasteiger partial charge in [0.2, 0.25) is 6.41 Å². The van der Waals surface area contributed by atoms with Gasteiger partial charge in [0, 0.05) is 13.1 Å². The molecule has 1 aromatic carbocycles. The first kappa shape index (κ1) is 13.9. The van der Waals surface area contributed by atoms with Gasteiger partial charge < -0.3 is 9.64 Å². The molecule has 1 aliphatic heterocycles. The predicted molar refractivity (Wildman–Crippen MR) is 72.2 cm³/mol. The number of benzene rings is 1. The molecular weight excluding hydrogens is 295 g/mol. The summed E-state index contributed by atoms with van der Waals surface area (Å²) < 4.78 is 40.9. The first-order valence-corrected chi connectivity index (χ1v) is 7.40. The van der Waals surface area contributed by atoms with Crippen molar-refractivity contribution >= 4 is 6.41 Å². The van der Waals surface area contributed by atoms with Gasteiger partial charge in [0.1, 0.15) is 5.75 Å². The van der Waals surface area contributed by atoms with Crippen molar-refractivity contribution in [2.24, 2.45) is 11.3 Å². The number of hydrogen-bond acceptors (Lipinski definition) is 2. The third-order valence-electron chi connectivity index (χ3n) is 5.68. The van der Waals surface area contributed by atoms with Gasteiger partial charge in [0.15, 0.2) is 0 Å². The maximum absolute atomic E-state index is 12.3. The highest BCUT2D eigenvalue weighted by atomic mass is 19.4. The molecular formula is C16H16F3NO2. The maximum atomic E-state index is 12.3. The highest BCUT2D eigenvalue weighted by Gasteiger charge is 2.71. The Bertz CT molecular complexity index is 602. The molecule has 4 aliphatic rings. The molecule has 5 rings (SSSR count). The zero-order valence-electron chi connectivity index (χ0n) is 11.9. The molecule has 1 aromatic rings. The maximum Gasteiger partial charge on any atom is 0.573 e.